The summed E-state index contributed by atoms with van der Waals surface area (Å²) in [4.78, 5) is 27.8. The molecule has 1 saturated heterocycles. The Morgan fingerprint density at radius 2 is 2.00 bits per heavy atom. The lowest BCUT2D eigenvalue weighted by molar-refractivity contribution is 0.0710. The van der Waals surface area contributed by atoms with E-state index in [-0.39, 0.29) is 17.5 Å². The number of rotatable bonds is 3. The Hall–Kier alpha value is -2.83. The highest BCUT2D eigenvalue weighted by atomic mass is 16.6. The molecule has 5 rings (SSSR count). The Balaban J connectivity index is 1.40. The SMILES string of the molecule is O=C(c1cccc2c1OCCO2)N1CCCC1Cn1nc2c(cc1=O)CCCC2. The summed E-state index contributed by atoms with van der Waals surface area (Å²) in [5.74, 6) is 1.07. The highest BCUT2D eigenvalue weighted by Crippen LogP contribution is 2.35. The van der Waals surface area contributed by atoms with Crippen LogP contribution in [-0.4, -0.2) is 46.4 Å². The van der Waals surface area contributed by atoms with E-state index in [1.54, 1.807) is 16.8 Å². The van der Waals surface area contributed by atoms with Crippen LogP contribution in [0.5, 0.6) is 11.5 Å². The summed E-state index contributed by atoms with van der Waals surface area (Å²) >= 11 is 0. The molecule has 1 aromatic heterocycles. The second-order valence-electron chi connectivity index (χ2n) is 7.97. The van der Waals surface area contributed by atoms with Gasteiger partial charge in [0, 0.05) is 12.6 Å². The lowest BCUT2D eigenvalue weighted by Crippen LogP contribution is -2.41. The number of para-hydroxylation sites is 1. The predicted octanol–water partition coefficient (Wildman–Crippen LogP) is 2.20. The van der Waals surface area contributed by atoms with Crippen molar-refractivity contribution in [3.63, 3.8) is 0 Å². The fourth-order valence-electron chi connectivity index (χ4n) is 4.62. The summed E-state index contributed by atoms with van der Waals surface area (Å²) in [7, 11) is 0. The van der Waals surface area contributed by atoms with Gasteiger partial charge in [-0.2, -0.15) is 5.10 Å². The number of nitrogens with zero attached hydrogens (tertiary/aromatic N) is 3. The number of likely N-dealkylation sites (tertiary alicyclic amines) is 1. The zero-order valence-electron chi connectivity index (χ0n) is 16.4. The number of hydrogen-bond acceptors (Lipinski definition) is 5. The van der Waals surface area contributed by atoms with Crippen molar-refractivity contribution in [1.82, 2.24) is 14.7 Å². The Morgan fingerprint density at radius 3 is 2.93 bits per heavy atom. The first-order valence-corrected chi connectivity index (χ1v) is 10.5. The van der Waals surface area contributed by atoms with Gasteiger partial charge in [-0.3, -0.25) is 9.59 Å². The van der Waals surface area contributed by atoms with Crippen molar-refractivity contribution in [2.24, 2.45) is 0 Å². The van der Waals surface area contributed by atoms with Crippen LogP contribution in [0, 0.1) is 0 Å². The third-order valence-electron chi connectivity index (χ3n) is 6.09. The van der Waals surface area contributed by atoms with Crippen molar-refractivity contribution >= 4 is 5.91 Å². The molecule has 3 aliphatic rings. The average molecular weight is 395 g/mol. The van der Waals surface area contributed by atoms with Crippen LogP contribution in [0.15, 0.2) is 29.1 Å². The summed E-state index contributed by atoms with van der Waals surface area (Å²) in [6.45, 7) is 2.04. The lowest BCUT2D eigenvalue weighted by Gasteiger charge is -2.27. The minimum atomic E-state index is -0.0706. The van der Waals surface area contributed by atoms with Crippen molar-refractivity contribution in [3.05, 3.63) is 51.4 Å². The van der Waals surface area contributed by atoms with Crippen molar-refractivity contribution < 1.29 is 14.3 Å². The molecule has 1 atom stereocenters. The standard InChI is InChI=1S/C22H25N3O4/c26-20-13-15-5-1-2-8-18(15)23-25(20)14-16-6-4-10-24(16)22(27)17-7-3-9-19-21(17)29-12-11-28-19/h3,7,9,13,16H,1-2,4-6,8,10-12,14H2. The van der Waals surface area contributed by atoms with Crippen LogP contribution in [0.25, 0.3) is 0 Å². The molecule has 1 unspecified atom stereocenters. The first kappa shape index (κ1) is 18.2. The minimum Gasteiger partial charge on any atom is -0.486 e. The molecule has 0 bridgehead atoms. The number of carbonyl (C=O) groups is 1. The fourth-order valence-corrected chi connectivity index (χ4v) is 4.62. The smallest absolute Gasteiger partial charge is 0.267 e. The van der Waals surface area contributed by atoms with Gasteiger partial charge in [0.05, 0.1) is 23.8 Å². The molecule has 7 heteroatoms. The minimum absolute atomic E-state index is 0.0466. The van der Waals surface area contributed by atoms with Crippen molar-refractivity contribution in [3.8, 4) is 11.5 Å². The molecule has 152 valence electrons. The number of hydrogen-bond donors (Lipinski definition) is 0. The summed E-state index contributed by atoms with van der Waals surface area (Å²) in [6, 6.07) is 7.12. The first-order chi connectivity index (χ1) is 14.2. The van der Waals surface area contributed by atoms with E-state index in [2.05, 4.69) is 5.10 Å². The third kappa shape index (κ3) is 3.39. The second kappa shape index (κ2) is 7.54. The van der Waals surface area contributed by atoms with Gasteiger partial charge in [-0.1, -0.05) is 6.07 Å². The van der Waals surface area contributed by atoms with Crippen LogP contribution in [0.1, 0.15) is 47.3 Å². The van der Waals surface area contributed by atoms with E-state index >= 15 is 0 Å². The Labute approximate surface area is 169 Å². The van der Waals surface area contributed by atoms with Gasteiger partial charge in [0.25, 0.3) is 11.5 Å². The largest absolute Gasteiger partial charge is 0.486 e. The van der Waals surface area contributed by atoms with Crippen molar-refractivity contribution in [2.75, 3.05) is 19.8 Å². The van der Waals surface area contributed by atoms with E-state index in [1.165, 1.54) is 0 Å². The first-order valence-electron chi connectivity index (χ1n) is 10.5. The summed E-state index contributed by atoms with van der Waals surface area (Å²) in [5, 5.41) is 4.63. The number of carbonyl (C=O) groups excluding carboxylic acids is 1. The van der Waals surface area contributed by atoms with Crippen LogP contribution in [0.2, 0.25) is 0 Å². The molecule has 7 nitrogen and oxygen atoms in total. The number of aromatic nitrogens is 2. The molecule has 3 heterocycles. The van der Waals surface area contributed by atoms with Gasteiger partial charge in [-0.25, -0.2) is 4.68 Å². The van der Waals surface area contributed by atoms with E-state index in [4.69, 9.17) is 9.47 Å². The number of amides is 1. The van der Waals surface area contributed by atoms with Gasteiger partial charge in [0.15, 0.2) is 11.5 Å². The highest BCUT2D eigenvalue weighted by Gasteiger charge is 2.33. The van der Waals surface area contributed by atoms with Gasteiger partial charge < -0.3 is 14.4 Å². The van der Waals surface area contributed by atoms with Gasteiger partial charge in [-0.05, 0) is 56.2 Å². The molecular weight excluding hydrogens is 370 g/mol. The molecule has 29 heavy (non-hydrogen) atoms. The third-order valence-corrected chi connectivity index (χ3v) is 6.09. The van der Waals surface area contributed by atoms with Gasteiger partial charge in [0.1, 0.15) is 13.2 Å². The van der Waals surface area contributed by atoms with E-state index in [1.807, 2.05) is 17.0 Å². The van der Waals surface area contributed by atoms with Crippen molar-refractivity contribution in [1.29, 1.82) is 0 Å². The lowest BCUT2D eigenvalue weighted by atomic mass is 9.97. The van der Waals surface area contributed by atoms with Crippen LogP contribution >= 0.6 is 0 Å². The van der Waals surface area contributed by atoms with Crippen molar-refractivity contribution in [2.45, 2.75) is 51.1 Å². The second-order valence-corrected chi connectivity index (χ2v) is 7.97. The number of benzene rings is 1. The van der Waals surface area contributed by atoms with E-state index in [0.717, 1.165) is 49.8 Å². The summed E-state index contributed by atoms with van der Waals surface area (Å²) in [6.07, 6.45) is 5.89. The highest BCUT2D eigenvalue weighted by molar-refractivity contribution is 5.98. The summed E-state index contributed by atoms with van der Waals surface area (Å²) < 4.78 is 12.9. The van der Waals surface area contributed by atoms with Crippen LogP contribution < -0.4 is 15.0 Å². The molecule has 1 fully saturated rings. The summed E-state index contributed by atoms with van der Waals surface area (Å²) in [5.41, 5.74) is 2.58. The fraction of sp³-hybridized carbons (Fsp3) is 0.500. The quantitative estimate of drug-likeness (QED) is 0.797. The molecule has 2 aliphatic heterocycles. The average Bonchev–Trinajstić information content (AvgIpc) is 3.21. The zero-order chi connectivity index (χ0) is 19.8. The van der Waals surface area contributed by atoms with Gasteiger partial charge in [0.2, 0.25) is 0 Å². The van der Waals surface area contributed by atoms with Crippen LogP contribution in [-0.2, 0) is 19.4 Å². The maximum Gasteiger partial charge on any atom is 0.267 e. The Morgan fingerprint density at radius 1 is 1.14 bits per heavy atom. The van der Waals surface area contributed by atoms with E-state index in [9.17, 15) is 9.59 Å². The Kier molecular flexibility index (Phi) is 4.73. The van der Waals surface area contributed by atoms with Crippen LogP contribution in [0.3, 0.4) is 0 Å². The molecule has 0 radical (unpaired) electrons. The molecule has 0 N–H and O–H groups in total. The molecule has 0 spiro atoms. The monoisotopic (exact) mass is 395 g/mol. The van der Waals surface area contributed by atoms with Gasteiger partial charge in [-0.15, -0.1) is 0 Å². The molecule has 1 aliphatic carbocycles. The van der Waals surface area contributed by atoms with Gasteiger partial charge >= 0.3 is 0 Å². The maximum absolute atomic E-state index is 13.3. The topological polar surface area (TPSA) is 73.7 Å². The maximum atomic E-state index is 13.3. The number of aryl methyl sites for hydroxylation is 2. The molecular formula is C22H25N3O4. The number of ether oxygens (including phenoxy) is 2. The molecule has 2 aromatic rings. The zero-order valence-corrected chi connectivity index (χ0v) is 16.4. The molecule has 0 saturated carbocycles. The number of fused-ring (bicyclic) bond motifs is 2. The normalized spacial score (nSPS) is 20.4. The molecule has 1 amide bonds. The van der Waals surface area contributed by atoms with Crippen LogP contribution in [0.4, 0.5) is 0 Å². The molecule has 1 aromatic carbocycles. The Bertz CT molecular complexity index is 1000. The van der Waals surface area contributed by atoms with E-state index in [0.29, 0.717) is 43.4 Å². The predicted molar refractivity (Wildman–Crippen MR) is 107 cm³/mol. The van der Waals surface area contributed by atoms with E-state index < -0.39 is 0 Å².